The van der Waals surface area contributed by atoms with Gasteiger partial charge in [-0.05, 0) is 24.6 Å². The Balaban J connectivity index is 1.85. The highest BCUT2D eigenvalue weighted by molar-refractivity contribution is 6.60. The second kappa shape index (κ2) is 10.3. The normalized spacial score (nSPS) is 11.5. The molecule has 2 aromatic rings. The van der Waals surface area contributed by atoms with Gasteiger partial charge in [-0.2, -0.15) is 0 Å². The molecule has 0 saturated heterocycles. The molecule has 0 unspecified atom stereocenters. The zero-order valence-electron chi connectivity index (χ0n) is 15.7. The summed E-state index contributed by atoms with van der Waals surface area (Å²) in [5.74, 6) is 0.0449. The van der Waals surface area contributed by atoms with Gasteiger partial charge in [-0.15, -0.1) is 0 Å². The van der Waals surface area contributed by atoms with Crippen molar-refractivity contribution in [2.45, 2.75) is 19.0 Å². The Labute approximate surface area is 156 Å². The highest BCUT2D eigenvalue weighted by Crippen LogP contribution is 2.15. The Bertz CT molecular complexity index is 681. The lowest BCUT2D eigenvalue weighted by atomic mass is 10.0. The molecule has 0 atom stereocenters. The molecule has 0 aliphatic rings. The van der Waals surface area contributed by atoms with Gasteiger partial charge in [0.15, 0.2) is 5.78 Å². The van der Waals surface area contributed by atoms with E-state index < -0.39 is 8.80 Å². The van der Waals surface area contributed by atoms with Crippen molar-refractivity contribution in [2.75, 3.05) is 27.9 Å². The van der Waals surface area contributed by atoms with E-state index >= 15 is 0 Å². The SMILES string of the molecule is CO[Si](CCCNCc1cccc(C(=O)c2ccccc2)c1)(OC)OC. The molecule has 1 N–H and O–H groups in total. The van der Waals surface area contributed by atoms with Gasteiger partial charge >= 0.3 is 8.80 Å². The van der Waals surface area contributed by atoms with Gasteiger partial charge in [0.05, 0.1) is 0 Å². The van der Waals surface area contributed by atoms with E-state index in [9.17, 15) is 4.79 Å². The second-order valence-corrected chi connectivity index (χ2v) is 9.06. The van der Waals surface area contributed by atoms with Gasteiger partial charge in [0.25, 0.3) is 0 Å². The van der Waals surface area contributed by atoms with E-state index in [1.165, 1.54) is 0 Å². The van der Waals surface area contributed by atoms with E-state index in [1.54, 1.807) is 21.3 Å². The van der Waals surface area contributed by atoms with Crippen LogP contribution >= 0.6 is 0 Å². The first-order valence-electron chi connectivity index (χ1n) is 8.69. The average Bonchev–Trinajstić information content (AvgIpc) is 2.71. The number of rotatable bonds is 11. The molecule has 0 saturated carbocycles. The molecule has 0 spiro atoms. The van der Waals surface area contributed by atoms with Crippen LogP contribution in [0.25, 0.3) is 0 Å². The fraction of sp³-hybridized carbons (Fsp3) is 0.350. The number of carbonyl (C=O) groups excluding carboxylic acids is 1. The summed E-state index contributed by atoms with van der Waals surface area (Å²) in [5, 5.41) is 3.40. The van der Waals surface area contributed by atoms with Crippen LogP contribution in [0.15, 0.2) is 54.6 Å². The van der Waals surface area contributed by atoms with Gasteiger partial charge in [0.2, 0.25) is 0 Å². The van der Waals surface area contributed by atoms with Crippen LogP contribution in [0, 0.1) is 0 Å². The second-order valence-electron chi connectivity index (χ2n) is 5.97. The average molecular weight is 374 g/mol. The number of carbonyl (C=O) groups is 1. The van der Waals surface area contributed by atoms with E-state index in [0.29, 0.717) is 17.7 Å². The van der Waals surface area contributed by atoms with Gasteiger partial charge in [-0.1, -0.05) is 48.5 Å². The van der Waals surface area contributed by atoms with Crippen molar-refractivity contribution < 1.29 is 18.1 Å². The van der Waals surface area contributed by atoms with Crippen molar-refractivity contribution in [3.63, 3.8) is 0 Å². The summed E-state index contributed by atoms with van der Waals surface area (Å²) in [6.07, 6.45) is 0.893. The van der Waals surface area contributed by atoms with Crippen molar-refractivity contribution in [1.29, 1.82) is 0 Å². The van der Waals surface area contributed by atoms with Crippen LogP contribution in [0.5, 0.6) is 0 Å². The molecule has 26 heavy (non-hydrogen) atoms. The summed E-state index contributed by atoms with van der Waals surface area (Å²) in [7, 11) is 2.39. The van der Waals surface area contributed by atoms with Crippen LogP contribution in [-0.2, 0) is 19.8 Å². The molecule has 2 rings (SSSR count). The number of benzene rings is 2. The summed E-state index contributed by atoms with van der Waals surface area (Å²) in [6, 6.07) is 17.8. The molecular weight excluding hydrogens is 346 g/mol. The van der Waals surface area contributed by atoms with Crippen molar-refractivity contribution >= 4 is 14.6 Å². The van der Waals surface area contributed by atoms with E-state index in [4.69, 9.17) is 13.3 Å². The highest BCUT2D eigenvalue weighted by atomic mass is 28.4. The van der Waals surface area contributed by atoms with E-state index in [-0.39, 0.29) is 5.78 Å². The molecule has 6 heteroatoms. The smallest absolute Gasteiger partial charge is 0.377 e. The van der Waals surface area contributed by atoms with Crippen molar-refractivity contribution in [2.24, 2.45) is 0 Å². The van der Waals surface area contributed by atoms with Gasteiger partial charge in [-0.25, -0.2) is 0 Å². The molecule has 140 valence electrons. The van der Waals surface area contributed by atoms with E-state index in [0.717, 1.165) is 24.6 Å². The summed E-state index contributed by atoms with van der Waals surface area (Å²) < 4.78 is 16.2. The molecule has 0 aliphatic carbocycles. The molecule has 0 fully saturated rings. The molecule has 0 radical (unpaired) electrons. The number of ketones is 1. The molecule has 0 aromatic heterocycles. The number of hydrogen-bond acceptors (Lipinski definition) is 5. The van der Waals surface area contributed by atoms with E-state index in [1.807, 2.05) is 54.6 Å². The highest BCUT2D eigenvalue weighted by Gasteiger charge is 2.36. The molecule has 0 bridgehead atoms. The maximum absolute atomic E-state index is 12.5. The predicted molar refractivity (Wildman–Crippen MR) is 104 cm³/mol. The van der Waals surface area contributed by atoms with Gasteiger partial charge in [0.1, 0.15) is 0 Å². The fourth-order valence-electron chi connectivity index (χ4n) is 2.80. The Kier molecular flexibility index (Phi) is 8.15. The first-order valence-corrected chi connectivity index (χ1v) is 10.6. The van der Waals surface area contributed by atoms with Crippen LogP contribution in [0.2, 0.25) is 6.04 Å². The number of nitrogens with one attached hydrogen (secondary N) is 1. The Morgan fingerprint density at radius 3 is 2.23 bits per heavy atom. The lowest BCUT2D eigenvalue weighted by Crippen LogP contribution is -2.43. The van der Waals surface area contributed by atoms with Crippen LogP contribution in [0.4, 0.5) is 0 Å². The molecule has 2 aromatic carbocycles. The molecular formula is C20H27NO4Si. The van der Waals surface area contributed by atoms with Gasteiger partial charge < -0.3 is 18.6 Å². The minimum absolute atomic E-state index is 0.0449. The first kappa shape index (κ1) is 20.5. The lowest BCUT2D eigenvalue weighted by molar-refractivity contribution is 0.103. The third-order valence-electron chi connectivity index (χ3n) is 4.32. The molecule has 0 heterocycles. The zero-order chi connectivity index (χ0) is 18.8. The summed E-state index contributed by atoms with van der Waals surface area (Å²) in [4.78, 5) is 12.5. The molecule has 0 aliphatic heterocycles. The van der Waals surface area contributed by atoms with E-state index in [2.05, 4.69) is 5.32 Å². The van der Waals surface area contributed by atoms with Crippen LogP contribution in [0.1, 0.15) is 27.9 Å². The predicted octanol–water partition coefficient (Wildman–Crippen LogP) is 3.28. The summed E-state index contributed by atoms with van der Waals surface area (Å²) >= 11 is 0. The van der Waals surface area contributed by atoms with Crippen LogP contribution < -0.4 is 5.32 Å². The third-order valence-corrected chi connectivity index (χ3v) is 7.16. The minimum atomic E-state index is -2.49. The maximum atomic E-state index is 12.5. The third kappa shape index (κ3) is 5.59. The standard InChI is InChI=1S/C20H27NO4Si/c1-23-26(24-2,25-3)14-8-13-21-16-17-9-7-12-19(15-17)20(22)18-10-5-4-6-11-18/h4-7,9-12,15,21H,8,13-14,16H2,1-3H3. The Morgan fingerprint density at radius 1 is 0.923 bits per heavy atom. The lowest BCUT2D eigenvalue weighted by Gasteiger charge is -2.24. The monoisotopic (exact) mass is 373 g/mol. The largest absolute Gasteiger partial charge is 0.500 e. The number of hydrogen-bond donors (Lipinski definition) is 1. The first-order chi connectivity index (χ1) is 12.6. The topological polar surface area (TPSA) is 56.8 Å². The van der Waals surface area contributed by atoms with Gasteiger partial charge in [-0.3, -0.25) is 4.79 Å². The van der Waals surface area contributed by atoms with Crippen molar-refractivity contribution in [1.82, 2.24) is 5.32 Å². The summed E-state index contributed by atoms with van der Waals surface area (Å²) in [5.41, 5.74) is 2.50. The van der Waals surface area contributed by atoms with Crippen molar-refractivity contribution in [3.05, 3.63) is 71.3 Å². The quantitative estimate of drug-likeness (QED) is 0.372. The Morgan fingerprint density at radius 2 is 1.58 bits per heavy atom. The van der Waals surface area contributed by atoms with Gasteiger partial charge in [0, 0.05) is 45.0 Å². The zero-order valence-corrected chi connectivity index (χ0v) is 16.7. The van der Waals surface area contributed by atoms with Crippen molar-refractivity contribution in [3.8, 4) is 0 Å². The molecule has 0 amide bonds. The summed E-state index contributed by atoms with van der Waals surface area (Å²) in [6.45, 7) is 1.53. The Hall–Kier alpha value is -1.83. The van der Waals surface area contributed by atoms with Crippen LogP contribution in [-0.4, -0.2) is 42.5 Å². The molecule has 5 nitrogen and oxygen atoms in total. The maximum Gasteiger partial charge on any atom is 0.500 e. The minimum Gasteiger partial charge on any atom is -0.377 e. The van der Waals surface area contributed by atoms with Crippen LogP contribution in [0.3, 0.4) is 0 Å². The fourth-order valence-corrected chi connectivity index (χ4v) is 4.52.